The molecule has 1 unspecified atom stereocenters. The van der Waals surface area contributed by atoms with Crippen LogP contribution in [0.2, 0.25) is 0 Å². The van der Waals surface area contributed by atoms with Gasteiger partial charge >= 0.3 is 0 Å². The van der Waals surface area contributed by atoms with Gasteiger partial charge in [-0.05, 0) is 23.8 Å². The van der Waals surface area contributed by atoms with Gasteiger partial charge in [0.2, 0.25) is 0 Å². The molecular weight excluding hydrogens is 298 g/mol. The first-order chi connectivity index (χ1) is 8.16. The Balaban J connectivity index is 2.21. The number of anilines is 1. The van der Waals surface area contributed by atoms with Crippen molar-refractivity contribution in [2.45, 2.75) is 10.6 Å². The molecule has 17 heavy (non-hydrogen) atoms. The summed E-state index contributed by atoms with van der Waals surface area (Å²) in [5.74, 6) is 0.493. The van der Waals surface area contributed by atoms with Gasteiger partial charge in [-0.15, -0.1) is 0 Å². The van der Waals surface area contributed by atoms with E-state index in [2.05, 4.69) is 15.9 Å². The molecule has 88 valence electrons. The lowest BCUT2D eigenvalue weighted by molar-refractivity contribution is 0.683. The lowest BCUT2D eigenvalue weighted by atomic mass is 10.2. The van der Waals surface area contributed by atoms with Crippen LogP contribution >= 0.6 is 15.9 Å². The molecule has 0 radical (unpaired) electrons. The first kappa shape index (κ1) is 12.3. The summed E-state index contributed by atoms with van der Waals surface area (Å²) in [4.78, 5) is 0.692. The standard InChI is InChI=1S/C13H12BrNOS/c14-11-6-7-13(12(15)8-11)17(16)9-10-4-2-1-3-5-10/h1-8H,9,15H2. The summed E-state index contributed by atoms with van der Waals surface area (Å²) in [5, 5.41) is 0. The molecule has 0 fully saturated rings. The van der Waals surface area contributed by atoms with E-state index < -0.39 is 10.8 Å². The van der Waals surface area contributed by atoms with Gasteiger partial charge in [-0.2, -0.15) is 0 Å². The predicted octanol–water partition coefficient (Wildman–Crippen LogP) is 3.34. The molecule has 2 aromatic carbocycles. The normalized spacial score (nSPS) is 12.3. The number of benzene rings is 2. The number of hydrogen-bond acceptors (Lipinski definition) is 2. The summed E-state index contributed by atoms with van der Waals surface area (Å²) in [6.07, 6.45) is 0. The Kier molecular flexibility index (Phi) is 3.97. The zero-order valence-corrected chi connectivity index (χ0v) is 11.5. The van der Waals surface area contributed by atoms with Gasteiger partial charge in [-0.25, -0.2) is 0 Å². The van der Waals surface area contributed by atoms with Crippen LogP contribution < -0.4 is 5.73 Å². The number of nitrogen functional groups attached to an aromatic ring is 1. The highest BCUT2D eigenvalue weighted by molar-refractivity contribution is 9.10. The van der Waals surface area contributed by atoms with Crippen molar-refractivity contribution in [1.82, 2.24) is 0 Å². The van der Waals surface area contributed by atoms with Crippen LogP contribution in [-0.2, 0) is 16.6 Å². The summed E-state index contributed by atoms with van der Waals surface area (Å²) in [6.45, 7) is 0. The molecule has 0 heterocycles. The average molecular weight is 310 g/mol. The van der Waals surface area contributed by atoms with Crippen molar-refractivity contribution in [3.05, 3.63) is 58.6 Å². The Hall–Kier alpha value is -1.13. The number of hydrogen-bond donors (Lipinski definition) is 1. The molecular formula is C13H12BrNOS. The van der Waals surface area contributed by atoms with Gasteiger partial charge in [-0.3, -0.25) is 4.21 Å². The van der Waals surface area contributed by atoms with E-state index in [-0.39, 0.29) is 0 Å². The van der Waals surface area contributed by atoms with Crippen molar-refractivity contribution in [3.8, 4) is 0 Å². The molecule has 1 atom stereocenters. The van der Waals surface area contributed by atoms with Crippen LogP contribution in [0.5, 0.6) is 0 Å². The molecule has 4 heteroatoms. The summed E-state index contributed by atoms with van der Waals surface area (Å²) in [6, 6.07) is 15.2. The van der Waals surface area contributed by atoms with Crippen molar-refractivity contribution in [3.63, 3.8) is 0 Å². The van der Waals surface area contributed by atoms with Crippen LogP contribution in [0.4, 0.5) is 5.69 Å². The highest BCUT2D eigenvalue weighted by Crippen LogP contribution is 2.23. The van der Waals surface area contributed by atoms with Crippen molar-refractivity contribution >= 4 is 32.4 Å². The Bertz CT molecular complexity index is 542. The van der Waals surface area contributed by atoms with Crippen LogP contribution in [0.25, 0.3) is 0 Å². The van der Waals surface area contributed by atoms with Crippen LogP contribution in [0.15, 0.2) is 57.9 Å². The van der Waals surface area contributed by atoms with Crippen molar-refractivity contribution in [1.29, 1.82) is 0 Å². The summed E-state index contributed by atoms with van der Waals surface area (Å²) >= 11 is 3.33. The summed E-state index contributed by atoms with van der Waals surface area (Å²) in [7, 11) is -1.10. The fraction of sp³-hybridized carbons (Fsp3) is 0.0769. The molecule has 0 saturated carbocycles. The van der Waals surface area contributed by atoms with Gasteiger partial charge in [0.25, 0.3) is 0 Å². The molecule has 0 aromatic heterocycles. The molecule has 0 amide bonds. The Morgan fingerprint density at radius 1 is 1.12 bits per heavy atom. The third-order valence-electron chi connectivity index (χ3n) is 2.36. The molecule has 2 nitrogen and oxygen atoms in total. The number of nitrogens with two attached hydrogens (primary N) is 1. The lowest BCUT2D eigenvalue weighted by Crippen LogP contribution is -2.00. The van der Waals surface area contributed by atoms with E-state index >= 15 is 0 Å². The van der Waals surface area contributed by atoms with E-state index in [4.69, 9.17) is 5.73 Å². The van der Waals surface area contributed by atoms with Gasteiger partial charge < -0.3 is 5.73 Å². The molecule has 0 bridgehead atoms. The third-order valence-corrected chi connectivity index (χ3v) is 4.31. The van der Waals surface area contributed by atoms with Crippen LogP contribution in [0.3, 0.4) is 0 Å². The van der Waals surface area contributed by atoms with Gasteiger partial charge in [0, 0.05) is 10.2 Å². The van der Waals surface area contributed by atoms with E-state index in [0.717, 1.165) is 10.0 Å². The first-order valence-corrected chi connectivity index (χ1v) is 7.25. The molecule has 0 saturated heterocycles. The molecule has 0 aliphatic heterocycles. The average Bonchev–Trinajstić information content (AvgIpc) is 2.30. The molecule has 2 rings (SSSR count). The highest BCUT2D eigenvalue weighted by Gasteiger charge is 2.08. The Morgan fingerprint density at radius 2 is 1.82 bits per heavy atom. The topological polar surface area (TPSA) is 43.1 Å². The zero-order valence-electron chi connectivity index (χ0n) is 9.10. The molecule has 2 N–H and O–H groups in total. The van der Waals surface area contributed by atoms with E-state index in [1.54, 1.807) is 12.1 Å². The molecule has 0 spiro atoms. The Labute approximate surface area is 111 Å². The Morgan fingerprint density at radius 3 is 2.47 bits per heavy atom. The highest BCUT2D eigenvalue weighted by atomic mass is 79.9. The van der Waals surface area contributed by atoms with E-state index in [1.807, 2.05) is 36.4 Å². The summed E-state index contributed by atoms with van der Waals surface area (Å²) < 4.78 is 13.1. The van der Waals surface area contributed by atoms with Crippen molar-refractivity contribution in [2.24, 2.45) is 0 Å². The molecule has 0 aliphatic rings. The minimum absolute atomic E-state index is 0.493. The smallest absolute Gasteiger partial charge is 0.0621 e. The van der Waals surface area contributed by atoms with Crippen LogP contribution in [0, 0.1) is 0 Å². The fourth-order valence-corrected chi connectivity index (χ4v) is 3.10. The maximum atomic E-state index is 12.2. The van der Waals surface area contributed by atoms with Crippen molar-refractivity contribution < 1.29 is 4.21 Å². The number of halogens is 1. The summed E-state index contributed by atoms with van der Waals surface area (Å²) in [5.41, 5.74) is 7.47. The second kappa shape index (κ2) is 5.47. The fourth-order valence-electron chi connectivity index (χ4n) is 1.53. The lowest BCUT2D eigenvalue weighted by Gasteiger charge is -2.06. The van der Waals surface area contributed by atoms with Gasteiger partial charge in [-0.1, -0.05) is 46.3 Å². The van der Waals surface area contributed by atoms with Crippen LogP contribution in [-0.4, -0.2) is 4.21 Å². The SMILES string of the molecule is Nc1cc(Br)ccc1S(=O)Cc1ccccc1. The first-order valence-electron chi connectivity index (χ1n) is 5.14. The maximum Gasteiger partial charge on any atom is 0.0621 e. The van der Waals surface area contributed by atoms with Crippen LogP contribution in [0.1, 0.15) is 5.56 Å². The molecule has 0 aliphatic carbocycles. The van der Waals surface area contributed by atoms with E-state index in [1.165, 1.54) is 0 Å². The molecule has 2 aromatic rings. The monoisotopic (exact) mass is 309 g/mol. The largest absolute Gasteiger partial charge is 0.398 e. The predicted molar refractivity (Wildman–Crippen MR) is 75.1 cm³/mol. The van der Waals surface area contributed by atoms with E-state index in [9.17, 15) is 4.21 Å². The quantitative estimate of drug-likeness (QED) is 0.884. The van der Waals surface area contributed by atoms with E-state index in [0.29, 0.717) is 16.3 Å². The number of rotatable bonds is 3. The minimum atomic E-state index is -1.10. The third kappa shape index (κ3) is 3.17. The maximum absolute atomic E-state index is 12.2. The second-order valence-electron chi connectivity index (χ2n) is 3.66. The van der Waals surface area contributed by atoms with Gasteiger partial charge in [0.15, 0.2) is 0 Å². The second-order valence-corrected chi connectivity index (χ2v) is 5.99. The van der Waals surface area contributed by atoms with Gasteiger partial charge in [0.1, 0.15) is 0 Å². The zero-order chi connectivity index (χ0) is 12.3. The van der Waals surface area contributed by atoms with Gasteiger partial charge in [0.05, 0.1) is 21.4 Å². The minimum Gasteiger partial charge on any atom is -0.398 e. The van der Waals surface area contributed by atoms with Crippen molar-refractivity contribution in [2.75, 3.05) is 5.73 Å².